The highest BCUT2D eigenvalue weighted by atomic mass is 32.2. The average Bonchev–Trinajstić information content (AvgIpc) is 2.88. The summed E-state index contributed by atoms with van der Waals surface area (Å²) in [6, 6.07) is 16.2. The summed E-state index contributed by atoms with van der Waals surface area (Å²) in [6.07, 6.45) is 3.40. The molecule has 0 atom stereocenters. The summed E-state index contributed by atoms with van der Waals surface area (Å²) in [5.41, 5.74) is 2.65. The molecule has 33 heavy (non-hydrogen) atoms. The van der Waals surface area contributed by atoms with Crippen LogP contribution in [0.4, 0.5) is 5.82 Å². The Morgan fingerprint density at radius 3 is 2.27 bits per heavy atom. The Morgan fingerprint density at radius 1 is 0.939 bits per heavy atom. The first-order chi connectivity index (χ1) is 16.0. The summed E-state index contributed by atoms with van der Waals surface area (Å²) in [5.74, 6) is 0.845. The maximum atomic E-state index is 12.7. The highest BCUT2D eigenvalue weighted by molar-refractivity contribution is 7.89. The molecule has 1 aliphatic heterocycles. The minimum atomic E-state index is -3.47. The van der Waals surface area contributed by atoms with Gasteiger partial charge in [-0.2, -0.15) is 4.31 Å². The molecule has 1 N–H and O–H groups in total. The number of benzene rings is 2. The fraction of sp³-hybridized carbons (Fsp3) is 0.333. The lowest BCUT2D eigenvalue weighted by molar-refractivity contribution is 0.243. The molecule has 0 spiro atoms. The number of likely N-dealkylation sites (N-methyl/N-ethyl adjacent to an activating group) is 1. The molecule has 2 aromatic carbocycles. The highest BCUT2D eigenvalue weighted by Crippen LogP contribution is 2.27. The Kier molecular flexibility index (Phi) is 7.34. The van der Waals surface area contributed by atoms with Crippen molar-refractivity contribution in [1.29, 1.82) is 0 Å². The molecule has 9 heteroatoms. The summed E-state index contributed by atoms with van der Waals surface area (Å²) < 4.78 is 26.9. The first-order valence-corrected chi connectivity index (χ1v) is 12.4. The molecule has 1 aromatic heterocycles. The highest BCUT2D eigenvalue weighted by Gasteiger charge is 2.24. The average molecular weight is 468 g/mol. The van der Waals surface area contributed by atoms with Gasteiger partial charge < -0.3 is 10.0 Å². The molecule has 1 fully saturated rings. The molecule has 0 saturated carbocycles. The van der Waals surface area contributed by atoms with Gasteiger partial charge in [-0.3, -0.25) is 9.88 Å². The Balaban J connectivity index is 1.36. The van der Waals surface area contributed by atoms with Crippen molar-refractivity contribution >= 4 is 15.8 Å². The number of aromatic nitrogens is 2. The molecular formula is C24H29N5O3S. The zero-order valence-corrected chi connectivity index (χ0v) is 19.5. The summed E-state index contributed by atoms with van der Waals surface area (Å²) in [4.78, 5) is 14.0. The van der Waals surface area contributed by atoms with Crippen molar-refractivity contribution in [3.8, 4) is 11.3 Å². The van der Waals surface area contributed by atoms with Crippen molar-refractivity contribution in [3.05, 3.63) is 72.6 Å². The van der Waals surface area contributed by atoms with E-state index in [1.807, 2.05) is 30.3 Å². The second-order valence-corrected chi connectivity index (χ2v) is 10.1. The van der Waals surface area contributed by atoms with Crippen molar-refractivity contribution < 1.29 is 13.5 Å². The predicted molar refractivity (Wildman–Crippen MR) is 128 cm³/mol. The van der Waals surface area contributed by atoms with Crippen LogP contribution in [-0.2, 0) is 16.6 Å². The maximum Gasteiger partial charge on any atom is 0.242 e. The van der Waals surface area contributed by atoms with Gasteiger partial charge in [-0.05, 0) is 17.7 Å². The normalized spacial score (nSPS) is 15.2. The number of anilines is 1. The van der Waals surface area contributed by atoms with E-state index < -0.39 is 10.0 Å². The SMILES string of the molecule is CN(CCN1CCN(c2nccnc2-c2ccc(CO)cc2)CC1)S(=O)(=O)c1ccccc1. The number of hydrogen-bond acceptors (Lipinski definition) is 7. The minimum Gasteiger partial charge on any atom is -0.392 e. The van der Waals surface area contributed by atoms with Crippen molar-refractivity contribution in [3.63, 3.8) is 0 Å². The summed E-state index contributed by atoms with van der Waals surface area (Å²) in [7, 11) is -1.84. The molecule has 3 aromatic rings. The van der Waals surface area contributed by atoms with E-state index in [2.05, 4.69) is 19.8 Å². The van der Waals surface area contributed by atoms with Crippen LogP contribution in [0.25, 0.3) is 11.3 Å². The van der Waals surface area contributed by atoms with Gasteiger partial charge in [-0.1, -0.05) is 42.5 Å². The number of sulfonamides is 1. The molecule has 0 aliphatic carbocycles. The van der Waals surface area contributed by atoms with E-state index in [-0.39, 0.29) is 6.61 Å². The molecule has 0 amide bonds. The lowest BCUT2D eigenvalue weighted by Crippen LogP contribution is -2.49. The van der Waals surface area contributed by atoms with Crippen molar-refractivity contribution in [2.24, 2.45) is 0 Å². The van der Waals surface area contributed by atoms with Crippen LogP contribution >= 0.6 is 0 Å². The van der Waals surface area contributed by atoms with Gasteiger partial charge in [-0.15, -0.1) is 0 Å². The Labute approximate surface area is 195 Å². The van der Waals surface area contributed by atoms with Crippen LogP contribution in [0.5, 0.6) is 0 Å². The molecule has 8 nitrogen and oxygen atoms in total. The maximum absolute atomic E-state index is 12.7. The van der Waals surface area contributed by atoms with E-state index in [9.17, 15) is 13.5 Å². The number of hydrogen-bond donors (Lipinski definition) is 1. The van der Waals surface area contributed by atoms with Crippen molar-refractivity contribution in [1.82, 2.24) is 19.2 Å². The quantitative estimate of drug-likeness (QED) is 0.542. The van der Waals surface area contributed by atoms with E-state index in [1.165, 1.54) is 4.31 Å². The van der Waals surface area contributed by atoms with Crippen LogP contribution in [0.15, 0.2) is 71.9 Å². The van der Waals surface area contributed by atoms with E-state index in [0.717, 1.165) is 48.8 Å². The van der Waals surface area contributed by atoms with E-state index >= 15 is 0 Å². The molecule has 2 heterocycles. The molecule has 1 saturated heterocycles. The van der Waals surface area contributed by atoms with Gasteiger partial charge in [0, 0.05) is 64.3 Å². The Bertz CT molecular complexity index is 1150. The lowest BCUT2D eigenvalue weighted by atomic mass is 10.1. The number of aliphatic hydroxyl groups is 1. The monoisotopic (exact) mass is 467 g/mol. The van der Waals surface area contributed by atoms with Crippen LogP contribution in [-0.4, -0.2) is 79.0 Å². The zero-order valence-electron chi connectivity index (χ0n) is 18.7. The molecule has 4 rings (SSSR count). The van der Waals surface area contributed by atoms with E-state index in [0.29, 0.717) is 18.0 Å². The van der Waals surface area contributed by atoms with Gasteiger partial charge >= 0.3 is 0 Å². The Hall–Kier alpha value is -2.85. The van der Waals surface area contributed by atoms with E-state index in [1.54, 1.807) is 43.7 Å². The van der Waals surface area contributed by atoms with Crippen LogP contribution in [0.2, 0.25) is 0 Å². The Morgan fingerprint density at radius 2 is 1.61 bits per heavy atom. The van der Waals surface area contributed by atoms with Crippen LogP contribution in [0, 0.1) is 0 Å². The first-order valence-electron chi connectivity index (χ1n) is 11.0. The number of nitrogens with zero attached hydrogens (tertiary/aromatic N) is 5. The van der Waals surface area contributed by atoms with Crippen LogP contribution in [0.3, 0.4) is 0 Å². The van der Waals surface area contributed by atoms with Gasteiger partial charge in [-0.25, -0.2) is 13.4 Å². The van der Waals surface area contributed by atoms with E-state index in [4.69, 9.17) is 0 Å². The molecule has 0 bridgehead atoms. The van der Waals surface area contributed by atoms with Gasteiger partial charge in [0.2, 0.25) is 10.0 Å². The molecule has 0 unspecified atom stereocenters. The first kappa shape index (κ1) is 23.3. The zero-order chi connectivity index (χ0) is 23.3. The second kappa shape index (κ2) is 10.4. The molecule has 0 radical (unpaired) electrons. The van der Waals surface area contributed by atoms with Crippen molar-refractivity contribution in [2.75, 3.05) is 51.2 Å². The topological polar surface area (TPSA) is 89.9 Å². The van der Waals surface area contributed by atoms with Gasteiger partial charge in [0.1, 0.15) is 5.69 Å². The third-order valence-corrected chi connectivity index (χ3v) is 7.81. The smallest absolute Gasteiger partial charge is 0.242 e. The third-order valence-electron chi connectivity index (χ3n) is 5.94. The summed E-state index contributed by atoms with van der Waals surface area (Å²) in [6.45, 7) is 4.33. The predicted octanol–water partition coefficient (Wildman–Crippen LogP) is 2.08. The molecular weight excluding hydrogens is 438 g/mol. The molecule has 174 valence electrons. The third kappa shape index (κ3) is 5.39. The summed E-state index contributed by atoms with van der Waals surface area (Å²) >= 11 is 0. The van der Waals surface area contributed by atoms with Gasteiger partial charge in [0.05, 0.1) is 11.5 Å². The number of rotatable bonds is 8. The van der Waals surface area contributed by atoms with Crippen LogP contribution in [0.1, 0.15) is 5.56 Å². The second-order valence-electron chi connectivity index (χ2n) is 8.05. The minimum absolute atomic E-state index is 0.0113. The number of aliphatic hydroxyl groups excluding tert-OH is 1. The van der Waals surface area contributed by atoms with Gasteiger partial charge in [0.25, 0.3) is 0 Å². The summed E-state index contributed by atoms with van der Waals surface area (Å²) in [5, 5.41) is 9.29. The fourth-order valence-corrected chi connectivity index (χ4v) is 5.07. The lowest BCUT2D eigenvalue weighted by Gasteiger charge is -2.36. The molecule has 1 aliphatic rings. The van der Waals surface area contributed by atoms with Crippen LogP contribution < -0.4 is 4.90 Å². The van der Waals surface area contributed by atoms with Crippen molar-refractivity contribution in [2.45, 2.75) is 11.5 Å². The standard InChI is InChI=1S/C24H29N5O3S/c1-27(33(31,32)22-5-3-2-4-6-22)13-14-28-15-17-29(18-16-28)24-23(25-11-12-26-24)21-9-7-20(19-30)8-10-21/h2-12,30H,13-19H2,1H3. The fourth-order valence-electron chi connectivity index (χ4n) is 3.89. The van der Waals surface area contributed by atoms with Gasteiger partial charge in [0.15, 0.2) is 5.82 Å². The number of piperazine rings is 1. The largest absolute Gasteiger partial charge is 0.392 e.